The summed E-state index contributed by atoms with van der Waals surface area (Å²) < 4.78 is 16.5. The molecule has 1 fully saturated rings. The molecule has 1 saturated heterocycles. The third kappa shape index (κ3) is 3.46. The van der Waals surface area contributed by atoms with Crippen LogP contribution in [-0.4, -0.2) is 44.3 Å². The Hall–Kier alpha value is -1.48. The van der Waals surface area contributed by atoms with Crippen molar-refractivity contribution in [3.8, 4) is 5.75 Å². The van der Waals surface area contributed by atoms with Crippen LogP contribution in [0.3, 0.4) is 0 Å². The fraction of sp³-hybridized carbons (Fsp3) is 0.400. The van der Waals surface area contributed by atoms with E-state index in [4.69, 9.17) is 19.6 Å². The Morgan fingerprint density at radius 1 is 1.32 bits per heavy atom. The summed E-state index contributed by atoms with van der Waals surface area (Å²) in [6.45, 7) is 3.27. The molecule has 1 aliphatic heterocycles. The van der Waals surface area contributed by atoms with E-state index in [1.165, 1.54) is 0 Å². The Kier molecular flexibility index (Phi) is 5.90. The first-order valence-electron chi connectivity index (χ1n) is 6.96. The maximum absolute atomic E-state index is 6.02. The van der Waals surface area contributed by atoms with Crippen molar-refractivity contribution in [1.82, 2.24) is 4.90 Å². The van der Waals surface area contributed by atoms with Gasteiger partial charge in [0.15, 0.2) is 17.5 Å². The summed E-state index contributed by atoms with van der Waals surface area (Å²) in [5, 5.41) is 0.954. The molecule has 2 N–H and O–H groups in total. The predicted octanol–water partition coefficient (Wildman–Crippen LogP) is 2.21. The van der Waals surface area contributed by atoms with Gasteiger partial charge in [0.25, 0.3) is 0 Å². The molecule has 0 aliphatic carbocycles. The minimum absolute atomic E-state index is 0. The second kappa shape index (κ2) is 7.68. The topological polar surface area (TPSA) is 73.2 Å². The number of guanidine groups is 1. The van der Waals surface area contributed by atoms with E-state index >= 15 is 0 Å². The lowest BCUT2D eigenvalue weighted by Gasteiger charge is -2.27. The molecule has 0 saturated carbocycles. The van der Waals surface area contributed by atoms with Gasteiger partial charge in [-0.3, -0.25) is 0 Å². The van der Waals surface area contributed by atoms with Gasteiger partial charge in [-0.1, -0.05) is 12.1 Å². The Balaban J connectivity index is 0.00000176. The number of benzene rings is 1. The van der Waals surface area contributed by atoms with Gasteiger partial charge < -0.3 is 24.5 Å². The lowest BCUT2D eigenvalue weighted by Crippen LogP contribution is -2.44. The summed E-state index contributed by atoms with van der Waals surface area (Å²) in [5.74, 6) is 1.93. The summed E-state index contributed by atoms with van der Waals surface area (Å²) in [6.07, 6.45) is 0. The van der Waals surface area contributed by atoms with Crippen LogP contribution in [0.4, 0.5) is 0 Å². The zero-order valence-electron chi connectivity index (χ0n) is 12.4. The summed E-state index contributed by atoms with van der Waals surface area (Å²) >= 11 is 0. The molecule has 6 nitrogen and oxygen atoms in total. The lowest BCUT2D eigenvalue weighted by atomic mass is 10.2. The first kappa shape index (κ1) is 16.9. The van der Waals surface area contributed by atoms with Gasteiger partial charge in [-0.2, -0.15) is 0 Å². The highest BCUT2D eigenvalue weighted by Gasteiger charge is 2.16. The maximum atomic E-state index is 6.02. The zero-order chi connectivity index (χ0) is 14.7. The van der Waals surface area contributed by atoms with Crippen LogP contribution in [0.25, 0.3) is 11.0 Å². The number of fused-ring (bicyclic) bond motifs is 1. The molecule has 1 aromatic heterocycles. The van der Waals surface area contributed by atoms with Crippen molar-refractivity contribution < 1.29 is 13.9 Å². The number of hydrogen-bond acceptors (Lipinski definition) is 4. The molecule has 0 bridgehead atoms. The highest BCUT2D eigenvalue weighted by molar-refractivity contribution is 14.0. The van der Waals surface area contributed by atoms with Gasteiger partial charge in [0.2, 0.25) is 0 Å². The van der Waals surface area contributed by atoms with E-state index in [1.54, 1.807) is 7.11 Å². The smallest absolute Gasteiger partial charge is 0.191 e. The number of halogens is 1. The van der Waals surface area contributed by atoms with Crippen LogP contribution in [0.5, 0.6) is 5.75 Å². The van der Waals surface area contributed by atoms with E-state index in [9.17, 15) is 0 Å². The number of methoxy groups -OCH3 is 1. The van der Waals surface area contributed by atoms with Crippen LogP contribution in [-0.2, 0) is 11.3 Å². The molecule has 0 radical (unpaired) electrons. The number of hydrogen-bond donors (Lipinski definition) is 1. The van der Waals surface area contributed by atoms with Gasteiger partial charge in [0.05, 0.1) is 25.7 Å². The number of rotatable bonds is 3. The van der Waals surface area contributed by atoms with Crippen molar-refractivity contribution in [1.29, 1.82) is 0 Å². The second-order valence-electron chi connectivity index (χ2n) is 4.83. The number of para-hydroxylation sites is 1. The van der Waals surface area contributed by atoms with E-state index in [0.717, 1.165) is 29.8 Å². The number of ether oxygens (including phenoxy) is 2. The third-order valence-electron chi connectivity index (χ3n) is 3.54. The van der Waals surface area contributed by atoms with E-state index in [1.807, 2.05) is 29.2 Å². The van der Waals surface area contributed by atoms with Crippen LogP contribution in [0, 0.1) is 0 Å². The summed E-state index contributed by atoms with van der Waals surface area (Å²) in [4.78, 5) is 6.43. The van der Waals surface area contributed by atoms with Gasteiger partial charge in [0.1, 0.15) is 12.1 Å². The first-order chi connectivity index (χ1) is 10.3. The van der Waals surface area contributed by atoms with Gasteiger partial charge in [-0.05, 0) is 12.1 Å². The van der Waals surface area contributed by atoms with Crippen molar-refractivity contribution in [3.05, 3.63) is 30.0 Å². The van der Waals surface area contributed by atoms with Gasteiger partial charge in [-0.15, -0.1) is 24.0 Å². The number of nitrogens with two attached hydrogens (primary N) is 1. The largest absolute Gasteiger partial charge is 0.492 e. The Labute approximate surface area is 146 Å². The van der Waals surface area contributed by atoms with Crippen molar-refractivity contribution in [3.63, 3.8) is 0 Å². The molecule has 120 valence electrons. The van der Waals surface area contributed by atoms with Crippen molar-refractivity contribution >= 4 is 40.9 Å². The molecule has 0 spiro atoms. The summed E-state index contributed by atoms with van der Waals surface area (Å²) in [7, 11) is 1.63. The van der Waals surface area contributed by atoms with Crippen LogP contribution < -0.4 is 10.5 Å². The molecule has 22 heavy (non-hydrogen) atoms. The van der Waals surface area contributed by atoms with Gasteiger partial charge >= 0.3 is 0 Å². The minimum Gasteiger partial charge on any atom is -0.492 e. The van der Waals surface area contributed by atoms with Crippen molar-refractivity contribution in [2.45, 2.75) is 6.54 Å². The van der Waals surface area contributed by atoms with Crippen LogP contribution in [0.15, 0.2) is 33.7 Å². The molecular formula is C15H20IN3O3. The van der Waals surface area contributed by atoms with Crippen LogP contribution in [0.1, 0.15) is 5.76 Å². The maximum Gasteiger partial charge on any atom is 0.191 e. The van der Waals surface area contributed by atoms with Crippen molar-refractivity contribution in [2.24, 2.45) is 10.7 Å². The minimum atomic E-state index is 0. The van der Waals surface area contributed by atoms with E-state index in [-0.39, 0.29) is 24.0 Å². The molecule has 0 amide bonds. The lowest BCUT2D eigenvalue weighted by molar-refractivity contribution is 0.0674. The van der Waals surface area contributed by atoms with Crippen LogP contribution in [0.2, 0.25) is 0 Å². The Morgan fingerprint density at radius 2 is 2.05 bits per heavy atom. The second-order valence-corrected chi connectivity index (χ2v) is 4.83. The molecular weight excluding hydrogens is 397 g/mol. The molecule has 1 aliphatic rings. The fourth-order valence-electron chi connectivity index (χ4n) is 2.45. The first-order valence-corrected chi connectivity index (χ1v) is 6.96. The van der Waals surface area contributed by atoms with E-state index in [2.05, 4.69) is 4.99 Å². The third-order valence-corrected chi connectivity index (χ3v) is 3.54. The number of aliphatic imine (C=N–C) groups is 1. The Morgan fingerprint density at radius 3 is 2.77 bits per heavy atom. The summed E-state index contributed by atoms with van der Waals surface area (Å²) in [6, 6.07) is 7.77. The van der Waals surface area contributed by atoms with Gasteiger partial charge in [-0.25, -0.2) is 4.99 Å². The number of furan rings is 1. The molecule has 0 atom stereocenters. The molecule has 3 rings (SSSR count). The average Bonchev–Trinajstić information content (AvgIpc) is 2.91. The molecule has 1 aromatic carbocycles. The fourth-order valence-corrected chi connectivity index (χ4v) is 2.45. The van der Waals surface area contributed by atoms with Gasteiger partial charge in [0, 0.05) is 13.1 Å². The Bertz CT molecular complexity index is 651. The highest BCUT2D eigenvalue weighted by atomic mass is 127. The SMILES string of the molecule is COc1c(CN=C(N)N2CCOCC2)oc2ccccc12.I. The number of morpholine rings is 1. The molecule has 2 aromatic rings. The standard InChI is InChI=1S/C15H19N3O3.HI/c1-19-14-11-4-2-3-5-12(11)21-13(14)10-17-15(16)18-6-8-20-9-7-18;/h2-5H,6-10H2,1H3,(H2,16,17);1H. The molecule has 2 heterocycles. The monoisotopic (exact) mass is 417 g/mol. The van der Waals surface area contributed by atoms with E-state index in [0.29, 0.717) is 31.5 Å². The van der Waals surface area contributed by atoms with E-state index < -0.39 is 0 Å². The highest BCUT2D eigenvalue weighted by Crippen LogP contribution is 2.33. The predicted molar refractivity (Wildman–Crippen MR) is 95.9 cm³/mol. The zero-order valence-corrected chi connectivity index (χ0v) is 14.8. The molecule has 0 unspecified atom stereocenters. The van der Waals surface area contributed by atoms with Crippen LogP contribution >= 0.6 is 24.0 Å². The normalized spacial score (nSPS) is 15.7. The summed E-state index contributed by atoms with van der Waals surface area (Å²) in [5.41, 5.74) is 6.82. The number of nitrogens with zero attached hydrogens (tertiary/aromatic N) is 2. The quantitative estimate of drug-likeness (QED) is 0.471. The average molecular weight is 417 g/mol. The molecule has 7 heteroatoms. The van der Waals surface area contributed by atoms with Crippen molar-refractivity contribution in [2.75, 3.05) is 33.4 Å².